The number of rotatable bonds is 4. The van der Waals surface area contributed by atoms with E-state index in [4.69, 9.17) is 4.74 Å². The number of hydrogen-bond acceptors (Lipinski definition) is 4. The van der Waals surface area contributed by atoms with Crippen LogP contribution in [0.2, 0.25) is 0 Å². The average molecular weight is 362 g/mol. The molecule has 0 radical (unpaired) electrons. The monoisotopic (exact) mass is 362 g/mol. The minimum Gasteiger partial charge on any atom is -0.381 e. The molecule has 0 unspecified atom stereocenters. The van der Waals surface area contributed by atoms with E-state index in [9.17, 15) is 4.79 Å². The largest absolute Gasteiger partial charge is 0.381 e. The van der Waals surface area contributed by atoms with Crippen LogP contribution in [0.25, 0.3) is 22.0 Å². The number of anilines is 1. The summed E-state index contributed by atoms with van der Waals surface area (Å²) in [6, 6.07) is 11.6. The van der Waals surface area contributed by atoms with Crippen molar-refractivity contribution in [3.05, 3.63) is 55.0 Å². The quantitative estimate of drug-likeness (QED) is 0.739. The predicted octanol–water partition coefficient (Wildman–Crippen LogP) is 3.84. The maximum Gasteiger partial charge on any atom is 0.319 e. The Hall–Kier alpha value is -2.99. The van der Waals surface area contributed by atoms with Crippen LogP contribution >= 0.6 is 0 Å². The Bertz CT molecular complexity index is 924. The highest BCUT2D eigenvalue weighted by molar-refractivity contribution is 5.93. The molecule has 0 aliphatic carbocycles. The van der Waals surface area contributed by atoms with Crippen molar-refractivity contribution in [2.45, 2.75) is 12.8 Å². The van der Waals surface area contributed by atoms with Crippen LogP contribution in [0.4, 0.5) is 10.5 Å². The molecule has 0 saturated carbocycles. The second-order valence-corrected chi connectivity index (χ2v) is 6.76. The predicted molar refractivity (Wildman–Crippen MR) is 106 cm³/mol. The molecule has 6 heteroatoms. The summed E-state index contributed by atoms with van der Waals surface area (Å²) < 4.78 is 5.34. The van der Waals surface area contributed by atoms with Gasteiger partial charge < -0.3 is 15.4 Å². The van der Waals surface area contributed by atoms with Crippen molar-refractivity contribution in [2.24, 2.45) is 5.92 Å². The van der Waals surface area contributed by atoms with Gasteiger partial charge in [0.25, 0.3) is 0 Å². The van der Waals surface area contributed by atoms with Crippen molar-refractivity contribution in [3.63, 3.8) is 0 Å². The number of nitrogens with zero attached hydrogens (tertiary/aromatic N) is 2. The standard InChI is InChI=1S/C21H22N4O2/c26-21(24-13-15-5-9-27-10-6-15)25-19-2-1-17-11-18(14-23-20(17)12-19)16-3-7-22-8-4-16/h1-4,7-8,11-12,14-15H,5-6,9-10,13H2,(H2,24,25,26). The Morgan fingerprint density at radius 2 is 1.89 bits per heavy atom. The lowest BCUT2D eigenvalue weighted by atomic mass is 10.0. The van der Waals surface area contributed by atoms with Crippen LogP contribution in [0.1, 0.15) is 12.8 Å². The van der Waals surface area contributed by atoms with Gasteiger partial charge in [0.05, 0.1) is 5.52 Å². The molecule has 6 nitrogen and oxygen atoms in total. The second-order valence-electron chi connectivity index (χ2n) is 6.76. The Morgan fingerprint density at radius 1 is 1.07 bits per heavy atom. The van der Waals surface area contributed by atoms with Crippen LogP contribution in [0.3, 0.4) is 0 Å². The highest BCUT2D eigenvalue weighted by Crippen LogP contribution is 2.24. The number of pyridine rings is 2. The molecular formula is C21H22N4O2. The number of benzene rings is 1. The Morgan fingerprint density at radius 3 is 2.70 bits per heavy atom. The number of aromatic nitrogens is 2. The summed E-state index contributed by atoms with van der Waals surface area (Å²) in [7, 11) is 0. The summed E-state index contributed by atoms with van der Waals surface area (Å²) in [4.78, 5) is 20.7. The maximum atomic E-state index is 12.2. The van der Waals surface area contributed by atoms with Crippen molar-refractivity contribution >= 4 is 22.6 Å². The fraction of sp³-hybridized carbons (Fsp3) is 0.286. The number of urea groups is 1. The third kappa shape index (κ3) is 4.41. The van der Waals surface area contributed by atoms with Crippen LogP contribution in [0.5, 0.6) is 0 Å². The van der Waals surface area contributed by atoms with E-state index < -0.39 is 0 Å². The molecule has 1 aliphatic rings. The van der Waals surface area contributed by atoms with E-state index in [2.05, 4.69) is 26.7 Å². The molecule has 2 aromatic heterocycles. The number of carbonyl (C=O) groups excluding carboxylic acids is 1. The summed E-state index contributed by atoms with van der Waals surface area (Å²) in [6.07, 6.45) is 7.38. The van der Waals surface area contributed by atoms with E-state index in [0.717, 1.165) is 53.8 Å². The zero-order valence-corrected chi connectivity index (χ0v) is 15.0. The zero-order valence-electron chi connectivity index (χ0n) is 15.0. The van der Waals surface area contributed by atoms with Gasteiger partial charge in [0.1, 0.15) is 0 Å². The first-order chi connectivity index (χ1) is 13.3. The van der Waals surface area contributed by atoms with Gasteiger partial charge in [0, 0.05) is 55.0 Å². The molecule has 1 aliphatic heterocycles. The molecule has 2 amide bonds. The summed E-state index contributed by atoms with van der Waals surface area (Å²) >= 11 is 0. The number of carbonyl (C=O) groups is 1. The molecule has 1 aromatic carbocycles. The fourth-order valence-electron chi connectivity index (χ4n) is 3.26. The van der Waals surface area contributed by atoms with Gasteiger partial charge in [-0.3, -0.25) is 9.97 Å². The van der Waals surface area contributed by atoms with Gasteiger partial charge in [-0.15, -0.1) is 0 Å². The lowest BCUT2D eigenvalue weighted by Crippen LogP contribution is -2.35. The van der Waals surface area contributed by atoms with Crippen LogP contribution in [-0.4, -0.2) is 35.8 Å². The van der Waals surface area contributed by atoms with E-state index in [1.165, 1.54) is 0 Å². The van der Waals surface area contributed by atoms with Crippen molar-refractivity contribution in [2.75, 3.05) is 25.1 Å². The highest BCUT2D eigenvalue weighted by Gasteiger charge is 2.14. The van der Waals surface area contributed by atoms with E-state index in [1.807, 2.05) is 36.5 Å². The summed E-state index contributed by atoms with van der Waals surface area (Å²) in [5, 5.41) is 6.86. The van der Waals surface area contributed by atoms with Gasteiger partial charge in [-0.25, -0.2) is 4.79 Å². The fourth-order valence-corrected chi connectivity index (χ4v) is 3.26. The van der Waals surface area contributed by atoms with Gasteiger partial charge in [0.2, 0.25) is 0 Å². The highest BCUT2D eigenvalue weighted by atomic mass is 16.5. The smallest absolute Gasteiger partial charge is 0.319 e. The Balaban J connectivity index is 1.41. The number of nitrogens with one attached hydrogen (secondary N) is 2. The average Bonchev–Trinajstić information content (AvgIpc) is 2.73. The second kappa shape index (κ2) is 8.14. The van der Waals surface area contributed by atoms with Gasteiger partial charge in [0.15, 0.2) is 0 Å². The Kier molecular flexibility index (Phi) is 5.25. The topological polar surface area (TPSA) is 76.1 Å². The van der Waals surface area contributed by atoms with Gasteiger partial charge in [-0.2, -0.15) is 0 Å². The zero-order chi connectivity index (χ0) is 18.5. The minimum atomic E-state index is -0.186. The van der Waals surface area contributed by atoms with Crippen LogP contribution < -0.4 is 10.6 Å². The Labute approximate surface area is 158 Å². The van der Waals surface area contributed by atoms with Crippen molar-refractivity contribution < 1.29 is 9.53 Å². The number of hydrogen-bond donors (Lipinski definition) is 2. The molecule has 1 fully saturated rings. The van der Waals surface area contributed by atoms with Crippen LogP contribution in [-0.2, 0) is 4.74 Å². The molecule has 4 rings (SSSR count). The normalized spacial score (nSPS) is 14.8. The molecule has 0 atom stereocenters. The summed E-state index contributed by atoms with van der Waals surface area (Å²) in [6.45, 7) is 2.24. The first kappa shape index (κ1) is 17.4. The van der Waals surface area contributed by atoms with E-state index in [-0.39, 0.29) is 6.03 Å². The first-order valence-electron chi connectivity index (χ1n) is 9.21. The molecule has 2 N–H and O–H groups in total. The molecule has 0 bridgehead atoms. The molecule has 138 valence electrons. The molecule has 3 aromatic rings. The molecular weight excluding hydrogens is 340 g/mol. The third-order valence-electron chi connectivity index (χ3n) is 4.85. The summed E-state index contributed by atoms with van der Waals surface area (Å²) in [5.74, 6) is 0.495. The van der Waals surface area contributed by atoms with E-state index >= 15 is 0 Å². The molecule has 1 saturated heterocycles. The lowest BCUT2D eigenvalue weighted by Gasteiger charge is -2.22. The lowest BCUT2D eigenvalue weighted by molar-refractivity contribution is 0.0671. The molecule has 27 heavy (non-hydrogen) atoms. The maximum absolute atomic E-state index is 12.2. The SMILES string of the molecule is O=C(NCC1CCOCC1)Nc1ccc2cc(-c3ccncc3)cnc2c1. The summed E-state index contributed by atoms with van der Waals surface area (Å²) in [5.41, 5.74) is 3.69. The number of amides is 2. The van der Waals surface area contributed by atoms with Crippen molar-refractivity contribution in [1.82, 2.24) is 15.3 Å². The van der Waals surface area contributed by atoms with Crippen LogP contribution in [0.15, 0.2) is 55.0 Å². The number of ether oxygens (including phenoxy) is 1. The molecule has 0 spiro atoms. The minimum absolute atomic E-state index is 0.186. The van der Waals surface area contributed by atoms with E-state index in [0.29, 0.717) is 12.5 Å². The molecule has 3 heterocycles. The van der Waals surface area contributed by atoms with Gasteiger partial charge in [-0.1, -0.05) is 6.07 Å². The van der Waals surface area contributed by atoms with Crippen LogP contribution in [0, 0.1) is 5.92 Å². The van der Waals surface area contributed by atoms with E-state index in [1.54, 1.807) is 12.4 Å². The first-order valence-corrected chi connectivity index (χ1v) is 9.21. The number of fused-ring (bicyclic) bond motifs is 1. The van der Waals surface area contributed by atoms with Gasteiger partial charge in [-0.05, 0) is 54.7 Å². The third-order valence-corrected chi connectivity index (χ3v) is 4.85. The van der Waals surface area contributed by atoms with Gasteiger partial charge >= 0.3 is 6.03 Å². The van der Waals surface area contributed by atoms with Crippen molar-refractivity contribution in [3.8, 4) is 11.1 Å². The van der Waals surface area contributed by atoms with Crippen molar-refractivity contribution in [1.29, 1.82) is 0 Å².